The van der Waals surface area contributed by atoms with Crippen LogP contribution in [0.5, 0.6) is 0 Å². The van der Waals surface area contributed by atoms with E-state index in [0.717, 1.165) is 17.7 Å². The Hall–Kier alpha value is -2.02. The summed E-state index contributed by atoms with van der Waals surface area (Å²) in [5.74, 6) is 0. The summed E-state index contributed by atoms with van der Waals surface area (Å²) >= 11 is 0. The minimum absolute atomic E-state index is 0.0649. The minimum Gasteiger partial charge on any atom is -0.304 e. The van der Waals surface area contributed by atoms with E-state index >= 15 is 0 Å². The molecule has 1 unspecified atom stereocenters. The average Bonchev–Trinajstić information content (AvgIpc) is 2.53. The quantitative estimate of drug-likeness (QED) is 0.646. The van der Waals surface area contributed by atoms with Gasteiger partial charge >= 0.3 is 12.4 Å². The fraction of sp³-hybridized carbons (Fsp3) is 0.333. The molecule has 136 valence electrons. The van der Waals surface area contributed by atoms with Gasteiger partial charge in [-0.15, -0.1) is 0 Å². The number of hydrogen-bond acceptors (Lipinski definition) is 1. The fourth-order valence-electron chi connectivity index (χ4n) is 2.54. The van der Waals surface area contributed by atoms with Crippen LogP contribution in [0.1, 0.15) is 48.2 Å². The topological polar surface area (TPSA) is 12.0 Å². The third-order valence-electron chi connectivity index (χ3n) is 3.91. The first-order valence-electron chi connectivity index (χ1n) is 7.59. The monoisotopic (exact) mass is 361 g/mol. The largest absolute Gasteiger partial charge is 0.416 e. The Labute approximate surface area is 141 Å². The molecule has 7 heteroatoms. The van der Waals surface area contributed by atoms with Crippen molar-refractivity contribution in [3.8, 4) is 0 Å². The summed E-state index contributed by atoms with van der Waals surface area (Å²) in [6.45, 7) is 3.33. The van der Waals surface area contributed by atoms with Crippen LogP contribution in [0.4, 0.5) is 26.3 Å². The van der Waals surface area contributed by atoms with Gasteiger partial charge in [-0.3, -0.25) is 0 Å². The molecule has 0 aliphatic rings. The highest BCUT2D eigenvalue weighted by molar-refractivity contribution is 5.35. The SMILES string of the molecule is CC(N[C@H](C)c1cc(C(F)(F)F)cc(C(F)(F)F)c1)c1ccccc1. The van der Waals surface area contributed by atoms with E-state index in [4.69, 9.17) is 0 Å². The second-order valence-corrected chi connectivity index (χ2v) is 5.86. The summed E-state index contributed by atoms with van der Waals surface area (Å²) in [7, 11) is 0. The number of alkyl halides is 6. The maximum Gasteiger partial charge on any atom is 0.416 e. The molecule has 0 aliphatic carbocycles. The van der Waals surface area contributed by atoms with Crippen LogP contribution in [-0.4, -0.2) is 0 Å². The molecule has 0 aliphatic heterocycles. The van der Waals surface area contributed by atoms with Gasteiger partial charge in [0, 0.05) is 12.1 Å². The molecule has 0 aromatic heterocycles. The molecule has 0 saturated carbocycles. The van der Waals surface area contributed by atoms with E-state index in [9.17, 15) is 26.3 Å². The van der Waals surface area contributed by atoms with E-state index in [1.54, 1.807) is 6.92 Å². The number of rotatable bonds is 4. The molecule has 2 atom stereocenters. The van der Waals surface area contributed by atoms with Crippen molar-refractivity contribution < 1.29 is 26.3 Å². The fourth-order valence-corrected chi connectivity index (χ4v) is 2.54. The molecule has 0 amide bonds. The van der Waals surface area contributed by atoms with Crippen LogP contribution in [0.3, 0.4) is 0 Å². The maximum absolute atomic E-state index is 12.9. The highest BCUT2D eigenvalue weighted by atomic mass is 19.4. The van der Waals surface area contributed by atoms with Gasteiger partial charge in [-0.05, 0) is 43.2 Å². The van der Waals surface area contributed by atoms with Gasteiger partial charge in [0.25, 0.3) is 0 Å². The van der Waals surface area contributed by atoms with Gasteiger partial charge in [-0.1, -0.05) is 30.3 Å². The van der Waals surface area contributed by atoms with Crippen molar-refractivity contribution in [1.29, 1.82) is 0 Å². The van der Waals surface area contributed by atoms with Gasteiger partial charge < -0.3 is 5.32 Å². The number of benzene rings is 2. The highest BCUT2D eigenvalue weighted by Crippen LogP contribution is 2.37. The molecule has 0 saturated heterocycles. The van der Waals surface area contributed by atoms with Crippen molar-refractivity contribution in [2.24, 2.45) is 0 Å². The molecule has 2 aromatic rings. The van der Waals surface area contributed by atoms with Crippen molar-refractivity contribution in [1.82, 2.24) is 5.32 Å². The lowest BCUT2D eigenvalue weighted by Gasteiger charge is -2.23. The van der Waals surface area contributed by atoms with Crippen LogP contribution >= 0.6 is 0 Å². The Bertz CT molecular complexity index is 673. The van der Waals surface area contributed by atoms with Crippen LogP contribution in [0.15, 0.2) is 48.5 Å². The predicted molar refractivity (Wildman–Crippen MR) is 82.9 cm³/mol. The number of nitrogens with one attached hydrogen (secondary N) is 1. The Kier molecular flexibility index (Phi) is 5.46. The van der Waals surface area contributed by atoms with Crippen LogP contribution in [0.25, 0.3) is 0 Å². The Morgan fingerprint density at radius 1 is 0.680 bits per heavy atom. The molecular weight excluding hydrogens is 344 g/mol. The third-order valence-corrected chi connectivity index (χ3v) is 3.91. The molecule has 0 radical (unpaired) electrons. The Balaban J connectivity index is 2.33. The zero-order chi connectivity index (χ0) is 18.8. The van der Waals surface area contributed by atoms with E-state index < -0.39 is 29.5 Å². The summed E-state index contributed by atoms with van der Waals surface area (Å²) in [6.07, 6.45) is -9.69. The first-order valence-corrected chi connectivity index (χ1v) is 7.59. The van der Waals surface area contributed by atoms with Gasteiger partial charge in [0.1, 0.15) is 0 Å². The van der Waals surface area contributed by atoms with E-state index in [2.05, 4.69) is 5.32 Å². The number of hydrogen-bond donors (Lipinski definition) is 1. The second kappa shape index (κ2) is 7.07. The lowest BCUT2D eigenvalue weighted by atomic mass is 9.99. The van der Waals surface area contributed by atoms with Crippen molar-refractivity contribution in [2.75, 3.05) is 0 Å². The molecule has 0 bridgehead atoms. The molecule has 25 heavy (non-hydrogen) atoms. The first kappa shape index (κ1) is 19.3. The predicted octanol–water partition coefficient (Wildman–Crippen LogP) is 6.14. The Morgan fingerprint density at radius 3 is 1.56 bits per heavy atom. The molecule has 2 rings (SSSR count). The minimum atomic E-state index is -4.85. The zero-order valence-corrected chi connectivity index (χ0v) is 13.5. The molecule has 0 spiro atoms. The van der Waals surface area contributed by atoms with Crippen molar-refractivity contribution in [2.45, 2.75) is 38.3 Å². The van der Waals surface area contributed by atoms with Crippen LogP contribution < -0.4 is 5.32 Å². The van der Waals surface area contributed by atoms with E-state index in [1.165, 1.54) is 6.92 Å². The summed E-state index contributed by atoms with van der Waals surface area (Å²) in [6, 6.07) is 9.82. The molecule has 0 fully saturated rings. The highest BCUT2D eigenvalue weighted by Gasteiger charge is 2.37. The molecule has 1 N–H and O–H groups in total. The summed E-state index contributed by atoms with van der Waals surface area (Å²) < 4.78 is 77.6. The van der Waals surface area contributed by atoms with Crippen LogP contribution in [0.2, 0.25) is 0 Å². The normalized spacial score (nSPS) is 15.0. The lowest BCUT2D eigenvalue weighted by Crippen LogP contribution is -2.23. The second-order valence-electron chi connectivity index (χ2n) is 5.86. The van der Waals surface area contributed by atoms with E-state index in [1.807, 2.05) is 30.3 Å². The lowest BCUT2D eigenvalue weighted by molar-refractivity contribution is -0.143. The summed E-state index contributed by atoms with van der Waals surface area (Å²) in [4.78, 5) is 0. The van der Waals surface area contributed by atoms with Crippen LogP contribution in [-0.2, 0) is 12.4 Å². The molecule has 0 heterocycles. The van der Waals surface area contributed by atoms with Crippen molar-refractivity contribution >= 4 is 0 Å². The van der Waals surface area contributed by atoms with Gasteiger partial charge in [0.2, 0.25) is 0 Å². The standard InChI is InChI=1S/C18H17F6N/c1-11(13-6-4-3-5-7-13)25-12(2)14-8-15(17(19,20)21)10-16(9-14)18(22,23)24/h3-12,25H,1-2H3/t11?,12-/m1/s1. The van der Waals surface area contributed by atoms with Crippen molar-refractivity contribution in [3.63, 3.8) is 0 Å². The van der Waals surface area contributed by atoms with Gasteiger partial charge in [0.15, 0.2) is 0 Å². The summed E-state index contributed by atoms with van der Waals surface area (Å²) in [5, 5.41) is 3.04. The van der Waals surface area contributed by atoms with Gasteiger partial charge in [0.05, 0.1) is 11.1 Å². The zero-order valence-electron chi connectivity index (χ0n) is 13.5. The van der Waals surface area contributed by atoms with Gasteiger partial charge in [-0.2, -0.15) is 26.3 Å². The third kappa shape index (κ3) is 4.98. The Morgan fingerprint density at radius 2 is 1.12 bits per heavy atom. The summed E-state index contributed by atoms with van der Waals surface area (Å²) in [5.41, 5.74) is -1.79. The van der Waals surface area contributed by atoms with E-state index in [0.29, 0.717) is 0 Å². The smallest absolute Gasteiger partial charge is 0.304 e. The van der Waals surface area contributed by atoms with Gasteiger partial charge in [-0.25, -0.2) is 0 Å². The first-order chi connectivity index (χ1) is 11.5. The van der Waals surface area contributed by atoms with Crippen molar-refractivity contribution in [3.05, 3.63) is 70.8 Å². The van der Waals surface area contributed by atoms with E-state index in [-0.39, 0.29) is 17.7 Å². The number of halogens is 6. The molecule has 2 aromatic carbocycles. The maximum atomic E-state index is 12.9. The average molecular weight is 361 g/mol. The van der Waals surface area contributed by atoms with Crippen LogP contribution in [0, 0.1) is 0 Å². The molecular formula is C18H17F6N. The molecule has 1 nitrogen and oxygen atoms in total.